The van der Waals surface area contributed by atoms with Crippen molar-refractivity contribution in [3.63, 3.8) is 0 Å². The molecule has 1 heterocycles. The molecule has 1 amide bonds. The van der Waals surface area contributed by atoms with Crippen molar-refractivity contribution in [2.45, 2.75) is 63.1 Å². The van der Waals surface area contributed by atoms with Crippen LogP contribution >= 0.6 is 0 Å². The summed E-state index contributed by atoms with van der Waals surface area (Å²) in [5, 5.41) is 19.5. The SMILES string of the molecule is NC1CC[C@@H](C(=O)O)NC(=O)CCC1=O.NCCCC[C@H](N)C(=O)O. The van der Waals surface area contributed by atoms with Gasteiger partial charge >= 0.3 is 11.9 Å². The highest BCUT2D eigenvalue weighted by Gasteiger charge is 2.25. The van der Waals surface area contributed by atoms with Crippen LogP contribution in [-0.2, 0) is 19.2 Å². The highest BCUT2D eigenvalue weighted by Crippen LogP contribution is 2.08. The van der Waals surface area contributed by atoms with E-state index in [-0.39, 0.29) is 31.5 Å². The summed E-state index contributed by atoms with van der Waals surface area (Å²) in [6.07, 6.45) is 2.73. The molecule has 1 aliphatic rings. The highest BCUT2D eigenvalue weighted by atomic mass is 16.4. The second-order valence-corrected chi connectivity index (χ2v) is 5.84. The van der Waals surface area contributed by atoms with Crippen LogP contribution in [-0.4, -0.2) is 58.5 Å². The number of nitrogens with one attached hydrogen (secondary N) is 1. The lowest BCUT2D eigenvalue weighted by Crippen LogP contribution is -2.40. The number of nitrogens with two attached hydrogens (primary N) is 3. The van der Waals surface area contributed by atoms with E-state index in [0.717, 1.165) is 12.8 Å². The van der Waals surface area contributed by atoms with Gasteiger partial charge in [0.05, 0.1) is 6.04 Å². The van der Waals surface area contributed by atoms with Crippen LogP contribution in [0, 0.1) is 0 Å². The zero-order valence-electron chi connectivity index (χ0n) is 14.1. The van der Waals surface area contributed by atoms with Gasteiger partial charge in [0.2, 0.25) is 5.91 Å². The van der Waals surface area contributed by atoms with Crippen LogP contribution in [0.4, 0.5) is 0 Å². The fraction of sp³-hybridized carbons (Fsp3) is 0.733. The maximum atomic E-state index is 11.3. The van der Waals surface area contributed by atoms with Crippen LogP contribution in [0.3, 0.4) is 0 Å². The number of unbranched alkanes of at least 4 members (excludes halogenated alkanes) is 1. The lowest BCUT2D eigenvalue weighted by molar-refractivity contribution is -0.142. The molecule has 9 N–H and O–H groups in total. The monoisotopic (exact) mass is 360 g/mol. The number of rotatable bonds is 6. The average molecular weight is 360 g/mol. The van der Waals surface area contributed by atoms with Crippen LogP contribution < -0.4 is 22.5 Å². The van der Waals surface area contributed by atoms with Crippen LogP contribution in [0.25, 0.3) is 0 Å². The molecule has 0 aliphatic carbocycles. The van der Waals surface area contributed by atoms with E-state index in [4.69, 9.17) is 27.4 Å². The number of carbonyl (C=O) groups excluding carboxylic acids is 2. The zero-order chi connectivity index (χ0) is 19.4. The van der Waals surface area contributed by atoms with E-state index in [2.05, 4.69) is 5.32 Å². The maximum absolute atomic E-state index is 11.3. The Morgan fingerprint density at radius 2 is 1.80 bits per heavy atom. The second kappa shape index (κ2) is 12.3. The quantitative estimate of drug-likeness (QED) is 0.307. The van der Waals surface area contributed by atoms with Crippen molar-refractivity contribution in [1.82, 2.24) is 5.32 Å². The molecule has 1 unspecified atom stereocenters. The molecule has 25 heavy (non-hydrogen) atoms. The molecule has 0 bridgehead atoms. The summed E-state index contributed by atoms with van der Waals surface area (Å²) in [6, 6.07) is -2.31. The summed E-state index contributed by atoms with van der Waals surface area (Å²) < 4.78 is 0. The Kier molecular flexibility index (Phi) is 11.3. The molecule has 0 radical (unpaired) electrons. The lowest BCUT2D eigenvalue weighted by Gasteiger charge is -2.13. The fourth-order valence-electron chi connectivity index (χ4n) is 2.09. The Balaban J connectivity index is 0.000000504. The van der Waals surface area contributed by atoms with Crippen LogP contribution in [0.1, 0.15) is 44.9 Å². The van der Waals surface area contributed by atoms with Gasteiger partial charge < -0.3 is 32.7 Å². The van der Waals surface area contributed by atoms with Crippen molar-refractivity contribution in [3.05, 3.63) is 0 Å². The highest BCUT2D eigenvalue weighted by molar-refractivity contribution is 5.90. The minimum Gasteiger partial charge on any atom is -0.480 e. The molecule has 10 heteroatoms. The Morgan fingerprint density at radius 1 is 1.16 bits per heavy atom. The number of hydrogen-bond donors (Lipinski definition) is 6. The number of amides is 1. The molecule has 0 spiro atoms. The predicted molar refractivity (Wildman–Crippen MR) is 89.5 cm³/mol. The van der Waals surface area contributed by atoms with Gasteiger partial charge in [-0.2, -0.15) is 0 Å². The van der Waals surface area contributed by atoms with Gasteiger partial charge in [-0.25, -0.2) is 4.79 Å². The van der Waals surface area contributed by atoms with Crippen molar-refractivity contribution in [1.29, 1.82) is 0 Å². The Bertz CT molecular complexity index is 471. The summed E-state index contributed by atoms with van der Waals surface area (Å²) in [5.74, 6) is -2.62. The topological polar surface area (TPSA) is 199 Å². The van der Waals surface area contributed by atoms with E-state index in [1.165, 1.54) is 0 Å². The minimum atomic E-state index is -1.09. The van der Waals surface area contributed by atoms with Crippen molar-refractivity contribution >= 4 is 23.6 Å². The number of carboxylic acid groups (broad SMARTS) is 2. The first kappa shape index (κ1) is 23.0. The molecule has 1 fully saturated rings. The number of Topliss-reactive ketones (excluding diaryl/α,β-unsaturated/α-hetero) is 1. The van der Waals surface area contributed by atoms with Gasteiger partial charge in [-0.1, -0.05) is 6.42 Å². The van der Waals surface area contributed by atoms with E-state index in [0.29, 0.717) is 13.0 Å². The van der Waals surface area contributed by atoms with E-state index >= 15 is 0 Å². The summed E-state index contributed by atoms with van der Waals surface area (Å²) in [4.78, 5) is 43.3. The number of carbonyl (C=O) groups is 4. The van der Waals surface area contributed by atoms with Crippen molar-refractivity contribution in [2.75, 3.05) is 6.54 Å². The van der Waals surface area contributed by atoms with E-state index in [1.807, 2.05) is 0 Å². The summed E-state index contributed by atoms with van der Waals surface area (Å²) in [5.41, 5.74) is 16.0. The largest absolute Gasteiger partial charge is 0.480 e. The molecule has 0 saturated carbocycles. The van der Waals surface area contributed by atoms with Gasteiger partial charge in [0.1, 0.15) is 17.9 Å². The lowest BCUT2D eigenvalue weighted by atomic mass is 10.0. The normalized spacial score (nSPS) is 22.4. The molecule has 144 valence electrons. The molecule has 1 rings (SSSR count). The summed E-state index contributed by atoms with van der Waals surface area (Å²) in [6.45, 7) is 0.604. The van der Waals surface area contributed by atoms with Gasteiger partial charge in [0, 0.05) is 12.8 Å². The van der Waals surface area contributed by atoms with Gasteiger partial charge in [0.15, 0.2) is 0 Å². The third-order valence-electron chi connectivity index (χ3n) is 3.70. The van der Waals surface area contributed by atoms with Crippen molar-refractivity contribution in [3.8, 4) is 0 Å². The molecular weight excluding hydrogens is 332 g/mol. The number of hydrogen-bond acceptors (Lipinski definition) is 7. The van der Waals surface area contributed by atoms with Gasteiger partial charge in [-0.3, -0.25) is 14.4 Å². The van der Waals surface area contributed by atoms with E-state index in [9.17, 15) is 19.2 Å². The van der Waals surface area contributed by atoms with Gasteiger partial charge in [-0.05, 0) is 32.2 Å². The number of aliphatic carboxylic acids is 2. The molecule has 0 aromatic rings. The number of carboxylic acids is 2. The second-order valence-electron chi connectivity index (χ2n) is 5.84. The fourth-order valence-corrected chi connectivity index (χ4v) is 2.09. The number of ketones is 1. The molecule has 10 nitrogen and oxygen atoms in total. The molecule has 0 aromatic heterocycles. The standard InChI is InChI=1S/C9H14N2O4.C6H14N2O2/c10-5-1-2-6(9(14)15)11-8(13)4-3-7(5)12;7-4-2-1-3-5(8)6(9)10/h5-6H,1-4,10H2,(H,11,13)(H,14,15);5H,1-4,7-8H2,(H,9,10)/t5?,6-;5-/m00/s1. The Labute approximate surface area is 146 Å². The maximum Gasteiger partial charge on any atom is 0.326 e. The summed E-state index contributed by atoms with van der Waals surface area (Å²) >= 11 is 0. The van der Waals surface area contributed by atoms with E-state index in [1.54, 1.807) is 0 Å². The third kappa shape index (κ3) is 10.4. The first-order valence-electron chi connectivity index (χ1n) is 8.18. The molecule has 0 aromatic carbocycles. The molecular formula is C15H28N4O6. The van der Waals surface area contributed by atoms with Crippen LogP contribution in [0.2, 0.25) is 0 Å². The molecule has 1 aliphatic heterocycles. The first-order chi connectivity index (χ1) is 11.7. The molecule has 1 saturated heterocycles. The average Bonchev–Trinajstić information content (AvgIpc) is 2.61. The van der Waals surface area contributed by atoms with Gasteiger partial charge in [-0.15, -0.1) is 0 Å². The summed E-state index contributed by atoms with van der Waals surface area (Å²) in [7, 11) is 0. The Morgan fingerprint density at radius 3 is 2.32 bits per heavy atom. The Hall–Kier alpha value is -2.04. The van der Waals surface area contributed by atoms with Crippen molar-refractivity contribution < 1.29 is 29.4 Å². The third-order valence-corrected chi connectivity index (χ3v) is 3.70. The van der Waals surface area contributed by atoms with E-state index < -0.39 is 36.0 Å². The smallest absolute Gasteiger partial charge is 0.326 e. The first-order valence-corrected chi connectivity index (χ1v) is 8.18. The van der Waals surface area contributed by atoms with Crippen LogP contribution in [0.5, 0.6) is 0 Å². The van der Waals surface area contributed by atoms with Crippen molar-refractivity contribution in [2.24, 2.45) is 17.2 Å². The minimum absolute atomic E-state index is 0.0102. The van der Waals surface area contributed by atoms with Gasteiger partial charge in [0.25, 0.3) is 0 Å². The predicted octanol–water partition coefficient (Wildman–Crippen LogP) is -1.45. The van der Waals surface area contributed by atoms with Crippen LogP contribution in [0.15, 0.2) is 0 Å². The molecule has 3 atom stereocenters. The zero-order valence-corrected chi connectivity index (χ0v) is 14.1.